The molecule has 1 aliphatic carbocycles. The number of hydrogen-bond acceptors (Lipinski definition) is 3. The molecule has 164 valence electrons. The Hall–Kier alpha value is -2.82. The molecule has 0 unspecified atom stereocenters. The van der Waals surface area contributed by atoms with Crippen LogP contribution >= 0.6 is 0 Å². The van der Waals surface area contributed by atoms with Crippen molar-refractivity contribution < 1.29 is 14.7 Å². The fourth-order valence-electron chi connectivity index (χ4n) is 5.16. The SMILES string of the molecule is O=C(CC1(C(=O)O)CCN(c2ccccc2)CC1)N(c1ccccc1)C1CCCCC1. The summed E-state index contributed by atoms with van der Waals surface area (Å²) >= 11 is 0. The Balaban J connectivity index is 1.52. The summed E-state index contributed by atoms with van der Waals surface area (Å²) in [5.41, 5.74) is 1.01. The summed E-state index contributed by atoms with van der Waals surface area (Å²) in [4.78, 5) is 30.2. The molecule has 1 heterocycles. The third kappa shape index (κ3) is 4.76. The second-order valence-corrected chi connectivity index (χ2v) is 8.98. The molecule has 1 aliphatic heterocycles. The Morgan fingerprint density at radius 3 is 2.06 bits per heavy atom. The average Bonchev–Trinajstić information content (AvgIpc) is 2.81. The second-order valence-electron chi connectivity index (χ2n) is 8.98. The van der Waals surface area contributed by atoms with Crippen LogP contribution in [0.5, 0.6) is 0 Å². The quantitative estimate of drug-likeness (QED) is 0.705. The van der Waals surface area contributed by atoms with Crippen LogP contribution in [-0.2, 0) is 9.59 Å². The zero-order chi connectivity index (χ0) is 21.7. The van der Waals surface area contributed by atoms with Crippen molar-refractivity contribution in [3.63, 3.8) is 0 Å². The Kier molecular flexibility index (Phi) is 6.59. The average molecular weight is 421 g/mol. The minimum absolute atomic E-state index is 0.0475. The molecule has 5 heteroatoms. The van der Waals surface area contributed by atoms with E-state index in [1.165, 1.54) is 6.42 Å². The summed E-state index contributed by atoms with van der Waals surface area (Å²) in [6, 6.07) is 20.0. The lowest BCUT2D eigenvalue weighted by Gasteiger charge is -2.41. The van der Waals surface area contributed by atoms with Crippen LogP contribution in [0.3, 0.4) is 0 Å². The first kappa shape index (κ1) is 21.4. The first-order valence-electron chi connectivity index (χ1n) is 11.5. The van der Waals surface area contributed by atoms with Crippen LogP contribution in [0, 0.1) is 5.41 Å². The van der Waals surface area contributed by atoms with Crippen molar-refractivity contribution in [1.29, 1.82) is 0 Å². The zero-order valence-corrected chi connectivity index (χ0v) is 18.1. The van der Waals surface area contributed by atoms with Crippen molar-refractivity contribution in [3.8, 4) is 0 Å². The van der Waals surface area contributed by atoms with E-state index in [-0.39, 0.29) is 18.4 Å². The van der Waals surface area contributed by atoms with E-state index in [4.69, 9.17) is 0 Å². The van der Waals surface area contributed by atoms with E-state index in [1.54, 1.807) is 0 Å². The number of carboxylic acid groups (broad SMARTS) is 1. The number of rotatable bonds is 6. The first-order valence-corrected chi connectivity index (χ1v) is 11.5. The lowest BCUT2D eigenvalue weighted by Crippen LogP contribution is -2.49. The molecule has 1 N–H and O–H groups in total. The number of aliphatic carboxylic acids is 1. The molecular formula is C26H32N2O3. The highest BCUT2D eigenvalue weighted by atomic mass is 16.4. The maximum atomic E-state index is 13.6. The molecular weight excluding hydrogens is 388 g/mol. The van der Waals surface area contributed by atoms with E-state index in [0.29, 0.717) is 25.9 Å². The maximum Gasteiger partial charge on any atom is 0.310 e. The third-order valence-electron chi connectivity index (χ3n) is 7.03. The highest BCUT2D eigenvalue weighted by molar-refractivity contribution is 5.97. The van der Waals surface area contributed by atoms with E-state index in [9.17, 15) is 14.7 Å². The molecule has 0 aromatic heterocycles. The lowest BCUT2D eigenvalue weighted by molar-refractivity contribution is -0.153. The van der Waals surface area contributed by atoms with E-state index in [2.05, 4.69) is 17.0 Å². The minimum Gasteiger partial charge on any atom is -0.481 e. The number of carboxylic acids is 1. The van der Waals surface area contributed by atoms with Gasteiger partial charge in [0.2, 0.25) is 5.91 Å². The van der Waals surface area contributed by atoms with Gasteiger partial charge in [0.1, 0.15) is 0 Å². The normalized spacial score (nSPS) is 19.0. The van der Waals surface area contributed by atoms with Gasteiger partial charge in [-0.25, -0.2) is 0 Å². The van der Waals surface area contributed by atoms with E-state index < -0.39 is 11.4 Å². The summed E-state index contributed by atoms with van der Waals surface area (Å²) < 4.78 is 0. The predicted octanol–water partition coefficient (Wildman–Crippen LogP) is 5.11. The Bertz CT molecular complexity index is 870. The molecule has 4 rings (SSSR count). The number of carbonyl (C=O) groups is 2. The first-order chi connectivity index (χ1) is 15.1. The fourth-order valence-corrected chi connectivity index (χ4v) is 5.16. The summed E-state index contributed by atoms with van der Waals surface area (Å²) in [7, 11) is 0. The number of nitrogens with zero attached hydrogens (tertiary/aromatic N) is 2. The molecule has 2 fully saturated rings. The smallest absolute Gasteiger partial charge is 0.310 e. The van der Waals surface area contributed by atoms with Crippen molar-refractivity contribution in [2.24, 2.45) is 5.41 Å². The largest absolute Gasteiger partial charge is 0.481 e. The molecule has 0 spiro atoms. The van der Waals surface area contributed by atoms with Crippen molar-refractivity contribution in [1.82, 2.24) is 0 Å². The van der Waals surface area contributed by atoms with Gasteiger partial charge in [-0.15, -0.1) is 0 Å². The summed E-state index contributed by atoms with van der Waals surface area (Å²) in [5.74, 6) is -0.890. The van der Waals surface area contributed by atoms with Crippen molar-refractivity contribution in [2.75, 3.05) is 22.9 Å². The van der Waals surface area contributed by atoms with Gasteiger partial charge in [-0.1, -0.05) is 55.7 Å². The van der Waals surface area contributed by atoms with Crippen LogP contribution in [0.15, 0.2) is 60.7 Å². The van der Waals surface area contributed by atoms with Crippen LogP contribution in [-0.4, -0.2) is 36.1 Å². The van der Waals surface area contributed by atoms with Gasteiger partial charge in [-0.05, 0) is 49.9 Å². The summed E-state index contributed by atoms with van der Waals surface area (Å²) in [5, 5.41) is 10.2. The number of anilines is 2. The molecule has 2 aliphatic rings. The van der Waals surface area contributed by atoms with Gasteiger partial charge >= 0.3 is 5.97 Å². The van der Waals surface area contributed by atoms with Crippen LogP contribution in [0.2, 0.25) is 0 Å². The fraction of sp³-hybridized carbons (Fsp3) is 0.462. The highest BCUT2D eigenvalue weighted by Crippen LogP contribution is 2.39. The highest BCUT2D eigenvalue weighted by Gasteiger charge is 2.45. The van der Waals surface area contributed by atoms with Crippen LogP contribution in [0.4, 0.5) is 11.4 Å². The Labute approximate surface area is 184 Å². The molecule has 0 bridgehead atoms. The van der Waals surface area contributed by atoms with Crippen LogP contribution in [0.25, 0.3) is 0 Å². The topological polar surface area (TPSA) is 60.9 Å². The number of piperidine rings is 1. The van der Waals surface area contributed by atoms with E-state index in [0.717, 1.165) is 37.1 Å². The van der Waals surface area contributed by atoms with Crippen molar-refractivity contribution >= 4 is 23.3 Å². The number of para-hydroxylation sites is 2. The number of carbonyl (C=O) groups excluding carboxylic acids is 1. The van der Waals surface area contributed by atoms with Gasteiger partial charge in [0.25, 0.3) is 0 Å². The monoisotopic (exact) mass is 420 g/mol. The molecule has 1 amide bonds. The molecule has 0 radical (unpaired) electrons. The van der Waals surface area contributed by atoms with E-state index in [1.807, 2.05) is 53.4 Å². The summed E-state index contributed by atoms with van der Waals surface area (Å²) in [6.07, 6.45) is 6.46. The molecule has 1 saturated carbocycles. The van der Waals surface area contributed by atoms with Gasteiger partial charge < -0.3 is 14.9 Å². The Morgan fingerprint density at radius 1 is 0.903 bits per heavy atom. The number of benzene rings is 2. The number of hydrogen-bond donors (Lipinski definition) is 1. The van der Waals surface area contributed by atoms with E-state index >= 15 is 0 Å². The van der Waals surface area contributed by atoms with Crippen LogP contribution < -0.4 is 9.80 Å². The predicted molar refractivity (Wildman–Crippen MR) is 123 cm³/mol. The third-order valence-corrected chi connectivity index (χ3v) is 7.03. The van der Waals surface area contributed by atoms with Gasteiger partial charge in [0.05, 0.1) is 5.41 Å². The van der Waals surface area contributed by atoms with Gasteiger partial charge in [0, 0.05) is 36.9 Å². The van der Waals surface area contributed by atoms with Gasteiger partial charge in [0.15, 0.2) is 0 Å². The molecule has 2 aromatic carbocycles. The standard InChI is InChI=1S/C26H32N2O3/c29-24(28(22-12-6-2-7-13-22)23-14-8-3-9-15-23)20-26(25(30)31)16-18-27(19-17-26)21-10-4-1-5-11-21/h1-2,4-7,10-13,23H,3,8-9,14-20H2,(H,30,31). The number of amides is 1. The molecule has 5 nitrogen and oxygen atoms in total. The van der Waals surface area contributed by atoms with Gasteiger partial charge in [-0.3, -0.25) is 9.59 Å². The lowest BCUT2D eigenvalue weighted by atomic mass is 9.75. The summed E-state index contributed by atoms with van der Waals surface area (Å²) in [6.45, 7) is 1.30. The molecule has 2 aromatic rings. The van der Waals surface area contributed by atoms with Crippen molar-refractivity contribution in [2.45, 2.75) is 57.4 Å². The molecule has 1 saturated heterocycles. The minimum atomic E-state index is -0.996. The molecule has 0 atom stereocenters. The maximum absolute atomic E-state index is 13.6. The molecule has 31 heavy (non-hydrogen) atoms. The van der Waals surface area contributed by atoms with Gasteiger partial charge in [-0.2, -0.15) is 0 Å². The van der Waals surface area contributed by atoms with Crippen LogP contribution in [0.1, 0.15) is 51.4 Å². The Morgan fingerprint density at radius 2 is 1.48 bits per heavy atom. The second kappa shape index (κ2) is 9.54. The van der Waals surface area contributed by atoms with Crippen molar-refractivity contribution in [3.05, 3.63) is 60.7 Å². The zero-order valence-electron chi connectivity index (χ0n) is 18.1.